The number of thiazole rings is 1. The first-order chi connectivity index (χ1) is 18.8. The Labute approximate surface area is 238 Å². The molecule has 9 nitrogen and oxygen atoms in total. The molecular formula is C27H31N3O6S3. The number of nitrogens with one attached hydrogen (secondary N) is 1. The summed E-state index contributed by atoms with van der Waals surface area (Å²) in [6.07, 6.45) is 4.87. The van der Waals surface area contributed by atoms with E-state index in [1.807, 2.05) is 25.1 Å². The first kappa shape index (κ1) is 29.0. The molecule has 0 saturated heterocycles. The smallest absolute Gasteiger partial charge is 0.341 e. The summed E-state index contributed by atoms with van der Waals surface area (Å²) in [5, 5.41) is 3.39. The molecule has 1 aliphatic rings. The number of hydrogen-bond donors (Lipinski definition) is 1. The van der Waals surface area contributed by atoms with Gasteiger partial charge in [0.05, 0.1) is 41.0 Å². The second-order valence-electron chi connectivity index (χ2n) is 9.05. The maximum Gasteiger partial charge on any atom is 0.341 e. The van der Waals surface area contributed by atoms with Gasteiger partial charge in [-0.2, -0.15) is 4.99 Å². The highest BCUT2D eigenvalue weighted by Crippen LogP contribution is 2.38. The minimum Gasteiger partial charge on any atom is -0.468 e. The van der Waals surface area contributed by atoms with Gasteiger partial charge in [0.25, 0.3) is 5.91 Å². The summed E-state index contributed by atoms with van der Waals surface area (Å²) in [5.41, 5.74) is 3.31. The van der Waals surface area contributed by atoms with Crippen LogP contribution in [0.4, 0.5) is 5.00 Å². The van der Waals surface area contributed by atoms with Gasteiger partial charge in [-0.05, 0) is 62.8 Å². The average molecular weight is 590 g/mol. The van der Waals surface area contributed by atoms with Crippen molar-refractivity contribution in [3.05, 3.63) is 44.6 Å². The lowest BCUT2D eigenvalue weighted by Gasteiger charge is -2.08. The van der Waals surface area contributed by atoms with Crippen molar-refractivity contribution in [2.75, 3.05) is 30.5 Å². The second kappa shape index (κ2) is 13.4. The van der Waals surface area contributed by atoms with Crippen molar-refractivity contribution in [3.8, 4) is 0 Å². The number of rotatable bonds is 9. The first-order valence-electron chi connectivity index (χ1n) is 12.7. The van der Waals surface area contributed by atoms with Crippen LogP contribution < -0.4 is 10.1 Å². The Morgan fingerprint density at radius 2 is 1.90 bits per heavy atom. The number of anilines is 1. The van der Waals surface area contributed by atoms with E-state index in [9.17, 15) is 19.2 Å². The molecule has 39 heavy (non-hydrogen) atoms. The van der Waals surface area contributed by atoms with Crippen LogP contribution in [0.1, 0.15) is 52.5 Å². The van der Waals surface area contributed by atoms with Gasteiger partial charge in [0.1, 0.15) is 11.5 Å². The molecule has 2 amide bonds. The average Bonchev–Trinajstić information content (AvgIpc) is 3.30. The van der Waals surface area contributed by atoms with Crippen molar-refractivity contribution in [2.45, 2.75) is 52.5 Å². The molecule has 0 fully saturated rings. The maximum atomic E-state index is 12.8. The van der Waals surface area contributed by atoms with Gasteiger partial charge in [0, 0.05) is 4.88 Å². The van der Waals surface area contributed by atoms with Crippen molar-refractivity contribution in [1.29, 1.82) is 0 Å². The lowest BCUT2D eigenvalue weighted by atomic mass is 10.1. The zero-order valence-electron chi connectivity index (χ0n) is 22.2. The highest BCUT2D eigenvalue weighted by Gasteiger charge is 2.26. The van der Waals surface area contributed by atoms with E-state index in [0.29, 0.717) is 15.4 Å². The molecule has 0 radical (unpaired) electrons. The molecule has 0 bridgehead atoms. The molecular weight excluding hydrogens is 559 g/mol. The number of thiophene rings is 1. The summed E-state index contributed by atoms with van der Waals surface area (Å²) in [4.78, 5) is 55.9. The highest BCUT2D eigenvalue weighted by molar-refractivity contribution is 8.00. The van der Waals surface area contributed by atoms with Crippen LogP contribution >= 0.6 is 34.4 Å². The van der Waals surface area contributed by atoms with E-state index >= 15 is 0 Å². The van der Waals surface area contributed by atoms with E-state index in [1.165, 1.54) is 29.8 Å². The van der Waals surface area contributed by atoms with Crippen molar-refractivity contribution >= 4 is 73.4 Å². The molecule has 1 N–H and O–H groups in total. The van der Waals surface area contributed by atoms with Crippen molar-refractivity contribution in [1.82, 2.24) is 4.57 Å². The number of nitrogens with zero attached hydrogens (tertiary/aromatic N) is 2. The molecule has 0 atom stereocenters. The van der Waals surface area contributed by atoms with Crippen LogP contribution in [0.3, 0.4) is 0 Å². The van der Waals surface area contributed by atoms with E-state index in [1.54, 1.807) is 11.5 Å². The largest absolute Gasteiger partial charge is 0.468 e. The number of ether oxygens (including phenoxy) is 2. The first-order valence-corrected chi connectivity index (χ1v) is 15.5. The van der Waals surface area contributed by atoms with E-state index in [0.717, 1.165) is 70.1 Å². The molecule has 0 aliphatic heterocycles. The summed E-state index contributed by atoms with van der Waals surface area (Å²) >= 11 is 3.90. The number of thioether (sulfide) groups is 1. The minimum atomic E-state index is -0.441. The predicted molar refractivity (Wildman–Crippen MR) is 155 cm³/mol. The Balaban J connectivity index is 1.43. The Morgan fingerprint density at radius 1 is 1.10 bits per heavy atom. The molecule has 0 spiro atoms. The molecule has 2 aromatic heterocycles. The summed E-state index contributed by atoms with van der Waals surface area (Å²) in [6, 6.07) is 5.80. The summed E-state index contributed by atoms with van der Waals surface area (Å²) in [5.74, 6) is -1.54. The van der Waals surface area contributed by atoms with Crippen molar-refractivity contribution in [3.63, 3.8) is 0 Å². The molecule has 1 aromatic carbocycles. The third-order valence-corrected chi connectivity index (χ3v) is 9.35. The number of carbonyl (C=O) groups excluding carboxylic acids is 4. The quantitative estimate of drug-likeness (QED) is 0.289. The lowest BCUT2D eigenvalue weighted by molar-refractivity contribution is -0.141. The number of methoxy groups -OCH3 is 1. The van der Waals surface area contributed by atoms with E-state index < -0.39 is 17.8 Å². The zero-order chi connectivity index (χ0) is 27.9. The third kappa shape index (κ3) is 7.17. The monoisotopic (exact) mass is 589 g/mol. The van der Waals surface area contributed by atoms with Crippen LogP contribution in [0, 0.1) is 6.92 Å². The fraction of sp³-hybridized carbons (Fsp3) is 0.444. The molecule has 2 heterocycles. The van der Waals surface area contributed by atoms with Gasteiger partial charge in [-0.25, -0.2) is 4.79 Å². The van der Waals surface area contributed by atoms with Crippen LogP contribution in [-0.2, 0) is 43.2 Å². The molecule has 1 aliphatic carbocycles. The number of fused-ring (bicyclic) bond motifs is 2. The van der Waals surface area contributed by atoms with E-state index in [2.05, 4.69) is 10.3 Å². The Bertz CT molecular complexity index is 1470. The number of aromatic nitrogens is 1. The summed E-state index contributed by atoms with van der Waals surface area (Å²) < 4.78 is 12.7. The van der Waals surface area contributed by atoms with E-state index in [-0.39, 0.29) is 30.6 Å². The number of esters is 2. The number of carbonyl (C=O) groups is 4. The van der Waals surface area contributed by atoms with Crippen LogP contribution in [-0.4, -0.2) is 53.5 Å². The normalized spacial score (nSPS) is 13.6. The van der Waals surface area contributed by atoms with Crippen LogP contribution in [0.15, 0.2) is 23.2 Å². The predicted octanol–water partition coefficient (Wildman–Crippen LogP) is 4.49. The Morgan fingerprint density at radius 3 is 2.67 bits per heavy atom. The van der Waals surface area contributed by atoms with Crippen molar-refractivity contribution < 1.29 is 28.7 Å². The Kier molecular flexibility index (Phi) is 9.98. The SMILES string of the molecule is CCOC(=O)c1c(NC(=O)CSCC(=O)N=c2sc3cc(C)ccc3n2CC(=O)OC)sc2c1CCCCC2. The Hall–Kier alpha value is -2.96. The van der Waals surface area contributed by atoms with Gasteiger partial charge in [-0.15, -0.1) is 23.1 Å². The van der Waals surface area contributed by atoms with Gasteiger partial charge < -0.3 is 19.4 Å². The number of amides is 2. The molecule has 0 saturated carbocycles. The zero-order valence-corrected chi connectivity index (χ0v) is 24.6. The second-order valence-corrected chi connectivity index (χ2v) is 12.2. The molecule has 208 valence electrons. The van der Waals surface area contributed by atoms with Crippen molar-refractivity contribution in [2.24, 2.45) is 4.99 Å². The van der Waals surface area contributed by atoms with Gasteiger partial charge in [0.2, 0.25) is 5.91 Å². The van der Waals surface area contributed by atoms with Crippen LogP contribution in [0.5, 0.6) is 0 Å². The minimum absolute atomic E-state index is 0.00933. The highest BCUT2D eigenvalue weighted by atomic mass is 32.2. The fourth-order valence-corrected chi connectivity index (χ4v) is 7.43. The maximum absolute atomic E-state index is 12.8. The number of benzene rings is 1. The lowest BCUT2D eigenvalue weighted by Crippen LogP contribution is -2.23. The molecule has 4 rings (SSSR count). The summed E-state index contributed by atoms with van der Waals surface area (Å²) in [7, 11) is 1.31. The molecule has 12 heteroatoms. The molecule has 3 aromatic rings. The van der Waals surface area contributed by atoms with Gasteiger partial charge in [-0.1, -0.05) is 23.8 Å². The van der Waals surface area contributed by atoms with Gasteiger partial charge in [0.15, 0.2) is 4.80 Å². The van der Waals surface area contributed by atoms with Gasteiger partial charge in [-0.3, -0.25) is 14.4 Å². The van der Waals surface area contributed by atoms with Gasteiger partial charge >= 0.3 is 11.9 Å². The topological polar surface area (TPSA) is 116 Å². The summed E-state index contributed by atoms with van der Waals surface area (Å²) in [6.45, 7) is 3.93. The van der Waals surface area contributed by atoms with E-state index in [4.69, 9.17) is 9.47 Å². The fourth-order valence-electron chi connectivity index (χ4n) is 4.39. The third-order valence-electron chi connectivity index (χ3n) is 6.19. The van der Waals surface area contributed by atoms with Crippen LogP contribution in [0.25, 0.3) is 10.2 Å². The standard InChI is InChI=1S/C27H31N3O6S3/c1-4-36-26(34)24-17-8-6-5-7-9-19(17)38-25(24)28-21(31)14-37-15-22(32)29-27-30(13-23(33)35-3)18-11-10-16(2)12-20(18)39-27/h10-12H,4-9,13-15H2,1-3H3,(H,28,31). The van der Waals surface area contributed by atoms with Crippen LogP contribution in [0.2, 0.25) is 0 Å². The molecule has 0 unspecified atom stereocenters. The number of hydrogen-bond acceptors (Lipinski definition) is 9. The number of aryl methyl sites for hydroxylation is 2.